The lowest BCUT2D eigenvalue weighted by atomic mass is 10.3. The first-order valence-electron chi connectivity index (χ1n) is 5.65. The van der Waals surface area contributed by atoms with Crippen molar-refractivity contribution < 1.29 is 9.84 Å². The van der Waals surface area contributed by atoms with Crippen molar-refractivity contribution in [2.24, 2.45) is 0 Å². The molecule has 92 valence electrons. The number of rotatable bonds is 6. The molecule has 1 aromatic carbocycles. The molecule has 5 heteroatoms. The molecule has 0 saturated carbocycles. The first-order chi connectivity index (χ1) is 8.36. The van der Waals surface area contributed by atoms with Gasteiger partial charge in [-0.05, 0) is 12.1 Å². The molecule has 2 N–H and O–H groups in total. The third-order valence-corrected chi connectivity index (χ3v) is 2.57. The van der Waals surface area contributed by atoms with Gasteiger partial charge in [-0.1, -0.05) is 12.1 Å². The Bertz CT molecular complexity index is 482. The van der Waals surface area contributed by atoms with Gasteiger partial charge < -0.3 is 19.7 Å². The van der Waals surface area contributed by atoms with Crippen molar-refractivity contribution in [1.82, 2.24) is 9.55 Å². The number of hydrogen-bond acceptors (Lipinski definition) is 4. The number of nitrogens with one attached hydrogen (secondary N) is 1. The number of aliphatic hydroxyl groups is 1. The van der Waals surface area contributed by atoms with Crippen LogP contribution in [-0.2, 0) is 11.3 Å². The summed E-state index contributed by atoms with van der Waals surface area (Å²) >= 11 is 0. The van der Waals surface area contributed by atoms with Crippen molar-refractivity contribution in [1.29, 1.82) is 0 Å². The van der Waals surface area contributed by atoms with Crippen LogP contribution >= 0.6 is 0 Å². The molecule has 0 amide bonds. The van der Waals surface area contributed by atoms with Crippen molar-refractivity contribution in [3.8, 4) is 0 Å². The van der Waals surface area contributed by atoms with Crippen LogP contribution in [0.2, 0.25) is 0 Å². The molecule has 0 aliphatic heterocycles. The molecule has 0 radical (unpaired) electrons. The van der Waals surface area contributed by atoms with Gasteiger partial charge in [0.1, 0.15) is 0 Å². The van der Waals surface area contributed by atoms with Crippen molar-refractivity contribution in [2.45, 2.75) is 6.54 Å². The normalized spacial score (nSPS) is 10.9. The number of ether oxygens (including phenoxy) is 1. The third-order valence-electron chi connectivity index (χ3n) is 2.57. The highest BCUT2D eigenvalue weighted by atomic mass is 16.5. The van der Waals surface area contributed by atoms with E-state index in [1.54, 1.807) is 7.11 Å². The van der Waals surface area contributed by atoms with Gasteiger partial charge in [-0.3, -0.25) is 0 Å². The van der Waals surface area contributed by atoms with Crippen molar-refractivity contribution >= 4 is 17.0 Å². The van der Waals surface area contributed by atoms with Gasteiger partial charge in [-0.15, -0.1) is 0 Å². The minimum absolute atomic E-state index is 0.0965. The molecule has 1 heterocycles. The van der Waals surface area contributed by atoms with Gasteiger partial charge in [-0.25, -0.2) is 4.98 Å². The maximum atomic E-state index is 9.09. The number of anilines is 1. The van der Waals surface area contributed by atoms with Gasteiger partial charge in [0.15, 0.2) is 0 Å². The minimum Gasteiger partial charge on any atom is -0.395 e. The number of hydrogen-bond donors (Lipinski definition) is 2. The van der Waals surface area contributed by atoms with E-state index in [4.69, 9.17) is 9.84 Å². The van der Waals surface area contributed by atoms with Crippen LogP contribution in [0.15, 0.2) is 24.3 Å². The number of nitrogens with zero attached hydrogens (tertiary/aromatic N) is 2. The number of para-hydroxylation sites is 2. The average molecular weight is 235 g/mol. The maximum absolute atomic E-state index is 9.09. The van der Waals surface area contributed by atoms with Gasteiger partial charge in [0.05, 0.1) is 24.2 Å². The predicted molar refractivity (Wildman–Crippen MR) is 67.2 cm³/mol. The Morgan fingerprint density at radius 1 is 1.41 bits per heavy atom. The molecule has 0 bridgehead atoms. The number of benzene rings is 1. The van der Waals surface area contributed by atoms with E-state index in [1.165, 1.54) is 0 Å². The summed E-state index contributed by atoms with van der Waals surface area (Å²) in [5, 5.41) is 12.3. The molecule has 2 aromatic rings. The third kappa shape index (κ3) is 2.57. The molecule has 2 rings (SSSR count). The van der Waals surface area contributed by atoms with Gasteiger partial charge in [0.25, 0.3) is 0 Å². The van der Waals surface area contributed by atoms with E-state index < -0.39 is 0 Å². The van der Waals surface area contributed by atoms with Crippen LogP contribution < -0.4 is 5.32 Å². The number of methoxy groups -OCH3 is 1. The highest BCUT2D eigenvalue weighted by Crippen LogP contribution is 2.18. The van der Waals surface area contributed by atoms with Crippen LogP contribution in [-0.4, -0.2) is 41.5 Å². The smallest absolute Gasteiger partial charge is 0.204 e. The first kappa shape index (κ1) is 11.9. The second-order valence-corrected chi connectivity index (χ2v) is 3.72. The van der Waals surface area contributed by atoms with Crippen molar-refractivity contribution in [3.63, 3.8) is 0 Å². The molecule has 0 unspecified atom stereocenters. The molecule has 1 aromatic heterocycles. The summed E-state index contributed by atoms with van der Waals surface area (Å²) in [6.07, 6.45) is 0. The highest BCUT2D eigenvalue weighted by molar-refractivity contribution is 5.78. The van der Waals surface area contributed by atoms with Crippen LogP contribution in [0.1, 0.15) is 0 Å². The van der Waals surface area contributed by atoms with E-state index >= 15 is 0 Å². The van der Waals surface area contributed by atoms with Gasteiger partial charge in [0.2, 0.25) is 5.95 Å². The Kier molecular flexibility index (Phi) is 3.95. The molecule has 0 fully saturated rings. The van der Waals surface area contributed by atoms with E-state index in [0.29, 0.717) is 19.7 Å². The number of aliphatic hydroxyl groups excluding tert-OH is 1. The molecule has 0 aliphatic rings. The molecule has 0 atom stereocenters. The summed E-state index contributed by atoms with van der Waals surface area (Å²) in [5.41, 5.74) is 1.96. The quantitative estimate of drug-likeness (QED) is 0.736. The summed E-state index contributed by atoms with van der Waals surface area (Å²) in [6, 6.07) is 7.89. The zero-order valence-corrected chi connectivity index (χ0v) is 9.89. The molecule has 5 nitrogen and oxygen atoms in total. The highest BCUT2D eigenvalue weighted by Gasteiger charge is 2.08. The van der Waals surface area contributed by atoms with Crippen molar-refractivity contribution in [2.75, 3.05) is 32.2 Å². The topological polar surface area (TPSA) is 59.3 Å². The molecule has 0 aliphatic carbocycles. The fraction of sp³-hybridized carbons (Fsp3) is 0.417. The monoisotopic (exact) mass is 235 g/mol. The Balaban J connectivity index is 2.29. The molecule has 0 spiro atoms. The predicted octanol–water partition coefficient (Wildman–Crippen LogP) is 1.09. The van der Waals surface area contributed by atoms with E-state index in [1.807, 2.05) is 28.8 Å². The zero-order chi connectivity index (χ0) is 12.1. The molecule has 17 heavy (non-hydrogen) atoms. The van der Waals surface area contributed by atoms with Crippen LogP contribution in [0.3, 0.4) is 0 Å². The summed E-state index contributed by atoms with van der Waals surface area (Å²) < 4.78 is 6.97. The van der Waals surface area contributed by atoms with Crippen molar-refractivity contribution in [3.05, 3.63) is 24.3 Å². The van der Waals surface area contributed by atoms with E-state index in [2.05, 4.69) is 10.3 Å². The summed E-state index contributed by atoms with van der Waals surface area (Å²) in [6.45, 7) is 1.96. The lowest BCUT2D eigenvalue weighted by molar-refractivity contribution is 0.210. The molecular weight excluding hydrogens is 218 g/mol. The van der Waals surface area contributed by atoms with E-state index in [-0.39, 0.29) is 6.61 Å². The number of fused-ring (bicyclic) bond motifs is 1. The SMILES string of the molecule is COCCNc1nc2ccccc2n1CCO. The van der Waals surface area contributed by atoms with Crippen LogP contribution in [0.25, 0.3) is 11.0 Å². The van der Waals surface area contributed by atoms with Gasteiger partial charge in [-0.2, -0.15) is 0 Å². The van der Waals surface area contributed by atoms with E-state index in [0.717, 1.165) is 17.0 Å². The molecular formula is C12H17N3O2. The van der Waals surface area contributed by atoms with Gasteiger partial charge >= 0.3 is 0 Å². The second kappa shape index (κ2) is 5.65. The van der Waals surface area contributed by atoms with Crippen LogP contribution in [0.4, 0.5) is 5.95 Å². The Morgan fingerprint density at radius 3 is 3.00 bits per heavy atom. The number of imidazole rings is 1. The summed E-state index contributed by atoms with van der Waals surface area (Å²) in [7, 11) is 1.67. The fourth-order valence-corrected chi connectivity index (χ4v) is 1.80. The summed E-state index contributed by atoms with van der Waals surface area (Å²) in [5.74, 6) is 0.775. The fourth-order valence-electron chi connectivity index (χ4n) is 1.80. The average Bonchev–Trinajstić information content (AvgIpc) is 2.69. The lowest BCUT2D eigenvalue weighted by Crippen LogP contribution is -2.13. The first-order valence-corrected chi connectivity index (χ1v) is 5.65. The zero-order valence-electron chi connectivity index (χ0n) is 9.89. The van der Waals surface area contributed by atoms with E-state index in [9.17, 15) is 0 Å². The summed E-state index contributed by atoms with van der Waals surface area (Å²) in [4.78, 5) is 4.49. The largest absolute Gasteiger partial charge is 0.395 e. The Morgan fingerprint density at radius 2 is 2.24 bits per heavy atom. The standard InChI is InChI=1S/C12H17N3O2/c1-17-9-6-13-12-14-10-4-2-3-5-11(10)15(12)7-8-16/h2-5,16H,6-9H2,1H3,(H,13,14). The lowest BCUT2D eigenvalue weighted by Gasteiger charge is -2.08. The second-order valence-electron chi connectivity index (χ2n) is 3.72. The minimum atomic E-state index is 0.0965. The Labute approximate surface area is 100 Å². The number of aromatic nitrogens is 2. The van der Waals surface area contributed by atoms with Crippen LogP contribution in [0.5, 0.6) is 0 Å². The maximum Gasteiger partial charge on any atom is 0.204 e. The van der Waals surface area contributed by atoms with Gasteiger partial charge in [0, 0.05) is 20.2 Å². The molecule has 0 saturated heterocycles. The Hall–Kier alpha value is -1.59. The van der Waals surface area contributed by atoms with Crippen LogP contribution in [0, 0.1) is 0 Å².